The molecular weight excluding hydrogens is 411 g/mol. The number of aromatic nitrogens is 4. The summed E-state index contributed by atoms with van der Waals surface area (Å²) in [7, 11) is 0. The van der Waals surface area contributed by atoms with E-state index in [4.69, 9.17) is 23.2 Å². The van der Waals surface area contributed by atoms with Crippen LogP contribution in [0.3, 0.4) is 0 Å². The molecule has 0 spiro atoms. The van der Waals surface area contributed by atoms with Gasteiger partial charge in [-0.3, -0.25) is 4.79 Å². The molecule has 0 unspecified atom stereocenters. The lowest BCUT2D eigenvalue weighted by Crippen LogP contribution is -2.50. The average Bonchev–Trinajstić information content (AvgIpc) is 3.19. The second-order valence-electron chi connectivity index (χ2n) is 7.20. The molecule has 1 aliphatic heterocycles. The average molecular weight is 433 g/mol. The number of benzene rings is 1. The zero-order valence-electron chi connectivity index (χ0n) is 16.3. The van der Waals surface area contributed by atoms with Crippen molar-refractivity contribution in [3.63, 3.8) is 0 Å². The van der Waals surface area contributed by atoms with E-state index in [1.807, 2.05) is 30.9 Å². The third kappa shape index (κ3) is 3.89. The third-order valence-electron chi connectivity index (χ3n) is 5.35. The topological polar surface area (TPSA) is 66.6 Å². The maximum Gasteiger partial charge on any atom is 0.254 e. The highest BCUT2D eigenvalue weighted by molar-refractivity contribution is 6.42. The maximum atomic E-state index is 12.4. The first kappa shape index (κ1) is 19.9. The van der Waals surface area contributed by atoms with Crippen LogP contribution in [0.5, 0.6) is 0 Å². The standard InChI is InChI=1S/C20H22Cl2N6O/c1-3-13(2)18(29)26-8-10-27(11-9-26)20-24-19-23-7-6-17(28(19)25-20)14-4-5-15(21)16(22)12-14/h4-7,12-13H,3,8-11H2,1-2H3/t13-/m1/s1. The van der Waals surface area contributed by atoms with Crippen molar-refractivity contribution in [3.8, 4) is 11.3 Å². The van der Waals surface area contributed by atoms with Gasteiger partial charge in [0.1, 0.15) is 0 Å². The molecule has 4 rings (SSSR count). The lowest BCUT2D eigenvalue weighted by molar-refractivity contribution is -0.135. The van der Waals surface area contributed by atoms with E-state index >= 15 is 0 Å². The summed E-state index contributed by atoms with van der Waals surface area (Å²) in [5, 5.41) is 5.66. The van der Waals surface area contributed by atoms with E-state index in [1.165, 1.54) is 0 Å². The van der Waals surface area contributed by atoms with Crippen molar-refractivity contribution in [2.45, 2.75) is 20.3 Å². The van der Waals surface area contributed by atoms with E-state index in [9.17, 15) is 4.79 Å². The molecule has 0 aliphatic carbocycles. The minimum Gasteiger partial charge on any atom is -0.339 e. The normalized spacial score (nSPS) is 15.7. The molecule has 29 heavy (non-hydrogen) atoms. The Kier molecular flexibility index (Phi) is 5.61. The number of halogens is 2. The molecule has 0 bridgehead atoms. The Morgan fingerprint density at radius 3 is 2.59 bits per heavy atom. The lowest BCUT2D eigenvalue weighted by Gasteiger charge is -2.35. The Balaban J connectivity index is 1.57. The second kappa shape index (κ2) is 8.16. The maximum absolute atomic E-state index is 12.4. The number of amides is 1. The van der Waals surface area contributed by atoms with Gasteiger partial charge in [0.15, 0.2) is 0 Å². The van der Waals surface area contributed by atoms with Gasteiger partial charge < -0.3 is 9.80 Å². The zero-order valence-corrected chi connectivity index (χ0v) is 17.9. The molecule has 1 aliphatic rings. The van der Waals surface area contributed by atoms with Crippen LogP contribution in [0.2, 0.25) is 10.0 Å². The predicted octanol–water partition coefficient (Wildman–Crippen LogP) is 3.79. The summed E-state index contributed by atoms with van der Waals surface area (Å²) in [5.41, 5.74) is 1.71. The number of piperazine rings is 1. The first-order chi connectivity index (χ1) is 14.0. The molecule has 9 heteroatoms. The minimum atomic E-state index is 0.0628. The molecule has 1 fully saturated rings. The van der Waals surface area contributed by atoms with Gasteiger partial charge in [-0.15, -0.1) is 5.10 Å². The molecule has 0 N–H and O–H groups in total. The van der Waals surface area contributed by atoms with E-state index in [2.05, 4.69) is 20.0 Å². The highest BCUT2D eigenvalue weighted by Crippen LogP contribution is 2.28. The minimum absolute atomic E-state index is 0.0628. The Bertz CT molecular complexity index is 1040. The Morgan fingerprint density at radius 1 is 1.14 bits per heavy atom. The number of hydrogen-bond acceptors (Lipinski definition) is 5. The van der Waals surface area contributed by atoms with Crippen LogP contribution in [0.4, 0.5) is 5.95 Å². The number of anilines is 1. The van der Waals surface area contributed by atoms with Crippen molar-refractivity contribution in [2.24, 2.45) is 5.92 Å². The van der Waals surface area contributed by atoms with Crippen LogP contribution in [0.25, 0.3) is 17.0 Å². The van der Waals surface area contributed by atoms with E-state index in [0.717, 1.165) is 17.7 Å². The molecule has 0 radical (unpaired) electrons. The Labute approximate surface area is 179 Å². The third-order valence-corrected chi connectivity index (χ3v) is 6.09. The van der Waals surface area contributed by atoms with Crippen molar-refractivity contribution in [1.29, 1.82) is 0 Å². The summed E-state index contributed by atoms with van der Waals surface area (Å²) in [6.45, 7) is 6.76. The first-order valence-electron chi connectivity index (χ1n) is 9.69. The number of hydrogen-bond donors (Lipinski definition) is 0. The van der Waals surface area contributed by atoms with E-state index in [1.54, 1.807) is 22.8 Å². The highest BCUT2D eigenvalue weighted by Gasteiger charge is 2.26. The smallest absolute Gasteiger partial charge is 0.254 e. The molecule has 2 aromatic heterocycles. The molecule has 1 saturated heterocycles. The van der Waals surface area contributed by atoms with Crippen molar-refractivity contribution >= 4 is 40.8 Å². The van der Waals surface area contributed by atoms with Gasteiger partial charge >= 0.3 is 0 Å². The van der Waals surface area contributed by atoms with Crippen molar-refractivity contribution in [3.05, 3.63) is 40.5 Å². The van der Waals surface area contributed by atoms with Gasteiger partial charge in [-0.1, -0.05) is 43.1 Å². The number of fused-ring (bicyclic) bond motifs is 1. The van der Waals surface area contributed by atoms with Crippen LogP contribution in [0.1, 0.15) is 20.3 Å². The van der Waals surface area contributed by atoms with Crippen LogP contribution in [-0.4, -0.2) is 56.6 Å². The van der Waals surface area contributed by atoms with Crippen molar-refractivity contribution < 1.29 is 4.79 Å². The summed E-state index contributed by atoms with van der Waals surface area (Å²) in [6.07, 6.45) is 2.56. The summed E-state index contributed by atoms with van der Waals surface area (Å²) in [5.74, 6) is 1.41. The molecule has 3 heterocycles. The summed E-state index contributed by atoms with van der Waals surface area (Å²) in [6, 6.07) is 7.33. The molecule has 0 saturated carbocycles. The Hall–Kier alpha value is -2.38. The van der Waals surface area contributed by atoms with Crippen LogP contribution in [0, 0.1) is 5.92 Å². The van der Waals surface area contributed by atoms with Crippen LogP contribution in [-0.2, 0) is 4.79 Å². The second-order valence-corrected chi connectivity index (χ2v) is 8.02. The van der Waals surface area contributed by atoms with Gasteiger partial charge in [0.05, 0.1) is 15.7 Å². The number of carbonyl (C=O) groups excluding carboxylic acids is 1. The first-order valence-corrected chi connectivity index (χ1v) is 10.4. The molecule has 152 valence electrons. The van der Waals surface area contributed by atoms with Gasteiger partial charge in [0.2, 0.25) is 11.9 Å². The van der Waals surface area contributed by atoms with E-state index < -0.39 is 0 Å². The number of rotatable bonds is 4. The molecular formula is C20H22Cl2N6O. The van der Waals surface area contributed by atoms with Crippen molar-refractivity contribution in [2.75, 3.05) is 31.1 Å². The quantitative estimate of drug-likeness (QED) is 0.627. The zero-order chi connectivity index (χ0) is 20.5. The fraction of sp³-hybridized carbons (Fsp3) is 0.400. The van der Waals surface area contributed by atoms with Gasteiger partial charge in [-0.2, -0.15) is 9.50 Å². The molecule has 3 aromatic rings. The van der Waals surface area contributed by atoms with Crippen LogP contribution in [0.15, 0.2) is 30.5 Å². The van der Waals surface area contributed by atoms with Crippen LogP contribution >= 0.6 is 23.2 Å². The van der Waals surface area contributed by atoms with Gasteiger partial charge in [0.25, 0.3) is 5.78 Å². The van der Waals surface area contributed by atoms with Gasteiger partial charge in [-0.25, -0.2) is 4.98 Å². The number of carbonyl (C=O) groups is 1. The summed E-state index contributed by atoms with van der Waals surface area (Å²) in [4.78, 5) is 25.4. The van der Waals surface area contributed by atoms with E-state index in [0.29, 0.717) is 48.0 Å². The predicted molar refractivity (Wildman–Crippen MR) is 114 cm³/mol. The summed E-state index contributed by atoms with van der Waals surface area (Å²) >= 11 is 12.2. The van der Waals surface area contributed by atoms with Crippen LogP contribution < -0.4 is 4.90 Å². The monoisotopic (exact) mass is 432 g/mol. The fourth-order valence-corrected chi connectivity index (χ4v) is 3.70. The molecule has 1 aromatic carbocycles. The highest BCUT2D eigenvalue weighted by atomic mass is 35.5. The molecule has 1 amide bonds. The fourth-order valence-electron chi connectivity index (χ4n) is 3.40. The van der Waals surface area contributed by atoms with Crippen molar-refractivity contribution in [1.82, 2.24) is 24.5 Å². The SMILES string of the molecule is CC[C@@H](C)C(=O)N1CCN(c2nc3nccc(-c4ccc(Cl)c(Cl)c4)n3n2)CC1. The van der Waals surface area contributed by atoms with Gasteiger partial charge in [0, 0.05) is 43.9 Å². The lowest BCUT2D eigenvalue weighted by atomic mass is 10.1. The molecule has 7 nitrogen and oxygen atoms in total. The molecule has 1 atom stereocenters. The van der Waals surface area contributed by atoms with E-state index in [-0.39, 0.29) is 11.8 Å². The number of nitrogens with zero attached hydrogens (tertiary/aromatic N) is 6. The largest absolute Gasteiger partial charge is 0.339 e. The Morgan fingerprint density at radius 2 is 1.90 bits per heavy atom. The summed E-state index contributed by atoms with van der Waals surface area (Å²) < 4.78 is 1.71. The van der Waals surface area contributed by atoms with Gasteiger partial charge in [-0.05, 0) is 24.6 Å².